The topological polar surface area (TPSA) is 42.9 Å². The zero-order valence-corrected chi connectivity index (χ0v) is 8.14. The minimum atomic E-state index is -3.52. The number of rotatable bonds is 2. The van der Waals surface area contributed by atoms with Gasteiger partial charge in [-0.25, -0.2) is 0 Å². The Hall–Kier alpha value is -0.140. The van der Waals surface area contributed by atoms with Gasteiger partial charge in [0.1, 0.15) is 0 Å². The van der Waals surface area contributed by atoms with Gasteiger partial charge in [-0.1, -0.05) is 11.3 Å². The van der Waals surface area contributed by atoms with Crippen LogP contribution in [0.5, 0.6) is 0 Å². The fourth-order valence-corrected chi connectivity index (χ4v) is 1.90. The molecular weight excluding hydrogens is 230 g/mol. The predicted molar refractivity (Wildman–Crippen MR) is 42.0 cm³/mol. The number of halogens is 3. The molecule has 1 aromatic rings. The lowest BCUT2D eigenvalue weighted by Gasteiger charge is -1.98. The van der Waals surface area contributed by atoms with E-state index in [9.17, 15) is 13.0 Å². The van der Waals surface area contributed by atoms with E-state index in [4.69, 9.17) is 0 Å². The summed E-state index contributed by atoms with van der Waals surface area (Å²) in [6.07, 6.45) is 1.33. The van der Waals surface area contributed by atoms with E-state index in [-0.39, 0.29) is 4.34 Å². The van der Waals surface area contributed by atoms with E-state index in [1.54, 1.807) is 0 Å². The molecule has 0 bridgehead atoms. The largest absolute Gasteiger partial charge is 0.375 e. The van der Waals surface area contributed by atoms with Gasteiger partial charge in [0.05, 0.1) is 10.8 Å². The summed E-state index contributed by atoms with van der Waals surface area (Å²) in [5.41, 5.74) is 0. The molecule has 0 radical (unpaired) electrons. The number of nitrogens with zero attached hydrogens (tertiary/aromatic N) is 2. The van der Waals surface area contributed by atoms with E-state index in [1.165, 1.54) is 6.26 Å². The molecule has 0 aliphatic carbocycles. The SMILES string of the molecule is CS(=O)c1nnc(C(F)(F)Cl)s1. The summed E-state index contributed by atoms with van der Waals surface area (Å²) >= 11 is 5.20. The minimum Gasteiger partial charge on any atom is -0.252 e. The quantitative estimate of drug-likeness (QED) is 0.727. The van der Waals surface area contributed by atoms with Crippen molar-refractivity contribution in [2.24, 2.45) is 0 Å². The van der Waals surface area contributed by atoms with Crippen molar-refractivity contribution in [3.63, 3.8) is 0 Å². The van der Waals surface area contributed by atoms with Crippen LogP contribution >= 0.6 is 22.9 Å². The van der Waals surface area contributed by atoms with Crippen LogP contribution in [0.3, 0.4) is 0 Å². The molecule has 1 aromatic heterocycles. The zero-order chi connectivity index (χ0) is 9.35. The molecule has 3 nitrogen and oxygen atoms in total. The second kappa shape index (κ2) is 3.31. The van der Waals surface area contributed by atoms with Crippen LogP contribution in [0.2, 0.25) is 0 Å². The normalized spacial score (nSPS) is 14.7. The van der Waals surface area contributed by atoms with Gasteiger partial charge in [0.15, 0.2) is 0 Å². The Balaban J connectivity index is 3.00. The third kappa shape index (κ3) is 2.18. The third-order valence-electron chi connectivity index (χ3n) is 0.895. The highest BCUT2D eigenvalue weighted by Crippen LogP contribution is 2.34. The van der Waals surface area contributed by atoms with Gasteiger partial charge in [-0.3, -0.25) is 4.21 Å². The maximum Gasteiger partial charge on any atom is 0.375 e. The van der Waals surface area contributed by atoms with Crippen molar-refractivity contribution in [3.05, 3.63) is 5.01 Å². The van der Waals surface area contributed by atoms with Gasteiger partial charge in [-0.05, 0) is 11.6 Å². The Morgan fingerprint density at radius 2 is 2.17 bits per heavy atom. The van der Waals surface area contributed by atoms with Crippen LogP contribution in [-0.4, -0.2) is 20.7 Å². The summed E-state index contributed by atoms with van der Waals surface area (Å²) in [5.74, 6) is 0. The standard InChI is InChI=1S/C4H3ClF2N2OS2/c1-12(10)3-9-8-2(11-3)4(5,6)7/h1H3. The van der Waals surface area contributed by atoms with Gasteiger partial charge in [0, 0.05) is 6.26 Å². The van der Waals surface area contributed by atoms with Gasteiger partial charge < -0.3 is 0 Å². The number of aromatic nitrogens is 2. The van der Waals surface area contributed by atoms with E-state index >= 15 is 0 Å². The van der Waals surface area contributed by atoms with Gasteiger partial charge in [0.25, 0.3) is 0 Å². The molecule has 8 heteroatoms. The molecule has 0 saturated heterocycles. The average Bonchev–Trinajstić information content (AvgIpc) is 2.30. The van der Waals surface area contributed by atoms with Crippen LogP contribution in [0.25, 0.3) is 0 Å². The molecule has 1 atom stereocenters. The monoisotopic (exact) mass is 232 g/mol. The molecule has 0 aliphatic rings. The number of alkyl halides is 3. The van der Waals surface area contributed by atoms with E-state index < -0.39 is 21.2 Å². The first-order chi connectivity index (χ1) is 5.41. The highest BCUT2D eigenvalue weighted by atomic mass is 35.5. The van der Waals surface area contributed by atoms with E-state index in [2.05, 4.69) is 21.8 Å². The van der Waals surface area contributed by atoms with Gasteiger partial charge in [-0.15, -0.1) is 10.2 Å². The molecule has 0 N–H and O–H groups in total. The summed E-state index contributed by atoms with van der Waals surface area (Å²) in [4.78, 5) is 0. The first-order valence-corrected chi connectivity index (χ1v) is 5.40. The van der Waals surface area contributed by atoms with Crippen LogP contribution in [0.4, 0.5) is 8.78 Å². The fourth-order valence-electron chi connectivity index (χ4n) is 0.440. The highest BCUT2D eigenvalue weighted by Gasteiger charge is 2.33. The zero-order valence-electron chi connectivity index (χ0n) is 5.75. The highest BCUT2D eigenvalue weighted by molar-refractivity contribution is 7.86. The lowest BCUT2D eigenvalue weighted by molar-refractivity contribution is 0.0939. The van der Waals surface area contributed by atoms with Crippen molar-refractivity contribution < 1.29 is 13.0 Å². The van der Waals surface area contributed by atoms with Crippen LogP contribution in [-0.2, 0) is 16.2 Å². The summed E-state index contributed by atoms with van der Waals surface area (Å²) in [6, 6.07) is 0. The Morgan fingerprint density at radius 3 is 2.42 bits per heavy atom. The molecule has 0 aromatic carbocycles. The number of hydrogen-bond donors (Lipinski definition) is 0. The molecule has 68 valence electrons. The molecule has 0 spiro atoms. The Kier molecular flexibility index (Phi) is 2.74. The van der Waals surface area contributed by atoms with Crippen LogP contribution < -0.4 is 0 Å². The van der Waals surface area contributed by atoms with Crippen molar-refractivity contribution in [1.82, 2.24) is 10.2 Å². The van der Waals surface area contributed by atoms with Crippen LogP contribution in [0.15, 0.2) is 4.34 Å². The van der Waals surface area contributed by atoms with Gasteiger partial charge in [-0.2, -0.15) is 8.78 Å². The molecule has 1 rings (SSSR count). The number of hydrogen-bond acceptors (Lipinski definition) is 4. The van der Waals surface area contributed by atoms with Crippen molar-refractivity contribution in [2.45, 2.75) is 9.72 Å². The molecule has 0 saturated carbocycles. The third-order valence-corrected chi connectivity index (χ3v) is 3.50. The van der Waals surface area contributed by atoms with Crippen LogP contribution in [0, 0.1) is 0 Å². The molecule has 1 unspecified atom stereocenters. The summed E-state index contributed by atoms with van der Waals surface area (Å²) < 4.78 is 35.4. The van der Waals surface area contributed by atoms with Crippen molar-refractivity contribution in [2.75, 3.05) is 6.26 Å². The molecule has 12 heavy (non-hydrogen) atoms. The van der Waals surface area contributed by atoms with E-state index in [0.29, 0.717) is 11.3 Å². The molecule has 0 fully saturated rings. The first kappa shape index (κ1) is 9.94. The molecular formula is C4H3ClF2N2OS2. The van der Waals surface area contributed by atoms with Crippen molar-refractivity contribution in [1.29, 1.82) is 0 Å². The van der Waals surface area contributed by atoms with E-state index in [0.717, 1.165) is 0 Å². The second-order valence-corrected chi connectivity index (χ2v) is 4.83. The van der Waals surface area contributed by atoms with Crippen molar-refractivity contribution in [3.8, 4) is 0 Å². The average molecular weight is 233 g/mol. The minimum absolute atomic E-state index is 0.0466. The Morgan fingerprint density at radius 1 is 1.58 bits per heavy atom. The lowest BCUT2D eigenvalue weighted by Crippen LogP contribution is -2.01. The Labute approximate surface area is 78.2 Å². The maximum absolute atomic E-state index is 12.3. The molecule has 1 heterocycles. The predicted octanol–water partition coefficient (Wildman–Crippen LogP) is 1.56. The van der Waals surface area contributed by atoms with Gasteiger partial charge >= 0.3 is 5.38 Å². The Bertz CT molecular complexity index is 310. The lowest BCUT2D eigenvalue weighted by atomic mass is 10.7. The summed E-state index contributed by atoms with van der Waals surface area (Å²) in [6.45, 7) is 0. The smallest absolute Gasteiger partial charge is 0.252 e. The second-order valence-electron chi connectivity index (χ2n) is 1.83. The van der Waals surface area contributed by atoms with Crippen LogP contribution in [0.1, 0.15) is 5.01 Å². The fraction of sp³-hybridized carbons (Fsp3) is 0.500. The van der Waals surface area contributed by atoms with Gasteiger partial charge in [0.2, 0.25) is 9.35 Å². The molecule has 0 amide bonds. The summed E-state index contributed by atoms with van der Waals surface area (Å²) in [7, 11) is -1.39. The van der Waals surface area contributed by atoms with E-state index in [1.807, 2.05) is 0 Å². The van der Waals surface area contributed by atoms with Crippen molar-refractivity contribution >= 4 is 33.7 Å². The first-order valence-electron chi connectivity index (χ1n) is 2.65. The maximum atomic E-state index is 12.3. The summed E-state index contributed by atoms with van der Waals surface area (Å²) in [5, 5.41) is 2.24. The molecule has 0 aliphatic heterocycles.